The van der Waals surface area contributed by atoms with Gasteiger partial charge < -0.3 is 15.2 Å². The molecule has 0 aliphatic heterocycles. The van der Waals surface area contributed by atoms with Crippen LogP contribution >= 0.6 is 0 Å². The van der Waals surface area contributed by atoms with E-state index in [0.717, 1.165) is 37.1 Å². The molecule has 1 aromatic rings. The molecule has 1 saturated carbocycles. The first-order valence-corrected chi connectivity index (χ1v) is 8.34. The van der Waals surface area contributed by atoms with Crippen LogP contribution in [0.25, 0.3) is 0 Å². The molecule has 2 rings (SSSR count). The molecule has 2 N–H and O–H groups in total. The van der Waals surface area contributed by atoms with Crippen molar-refractivity contribution in [3.8, 4) is 5.75 Å². The smallest absolute Gasteiger partial charge is 0.234 e. The molecule has 1 aromatic carbocycles. The summed E-state index contributed by atoms with van der Waals surface area (Å²) in [5, 5.41) is 12.9. The third kappa shape index (κ3) is 5.84. The normalized spacial score (nSPS) is 21.2. The molecular formula is C18H28N2O3. The first-order chi connectivity index (χ1) is 11.1. The zero-order chi connectivity index (χ0) is 16.7. The molecule has 128 valence electrons. The van der Waals surface area contributed by atoms with Crippen LogP contribution in [0.1, 0.15) is 31.2 Å². The second kappa shape index (κ2) is 8.89. The van der Waals surface area contributed by atoms with Crippen LogP contribution in [0.5, 0.6) is 5.75 Å². The number of hydrogen-bond acceptors (Lipinski definition) is 4. The second-order valence-corrected chi connectivity index (χ2v) is 6.43. The largest absolute Gasteiger partial charge is 0.497 e. The number of likely N-dealkylation sites (N-methyl/N-ethyl adjacent to an activating group) is 1. The lowest BCUT2D eigenvalue weighted by atomic mass is 9.86. The van der Waals surface area contributed by atoms with E-state index >= 15 is 0 Å². The van der Waals surface area contributed by atoms with Gasteiger partial charge in [-0.3, -0.25) is 9.69 Å². The van der Waals surface area contributed by atoms with Crippen LogP contribution in [0.3, 0.4) is 0 Å². The average molecular weight is 320 g/mol. The molecule has 1 aliphatic carbocycles. The van der Waals surface area contributed by atoms with E-state index in [1.54, 1.807) is 7.11 Å². The van der Waals surface area contributed by atoms with Crippen LogP contribution in [0.2, 0.25) is 0 Å². The zero-order valence-electron chi connectivity index (χ0n) is 14.1. The van der Waals surface area contributed by atoms with Crippen molar-refractivity contribution in [2.45, 2.75) is 38.3 Å². The van der Waals surface area contributed by atoms with Crippen molar-refractivity contribution in [1.82, 2.24) is 10.2 Å². The predicted molar refractivity (Wildman–Crippen MR) is 90.3 cm³/mol. The monoisotopic (exact) mass is 320 g/mol. The molecule has 1 fully saturated rings. The highest BCUT2D eigenvalue weighted by molar-refractivity contribution is 5.77. The Balaban J connectivity index is 1.70. The number of carbonyl (C=O) groups is 1. The lowest BCUT2D eigenvalue weighted by Gasteiger charge is -2.30. The number of carbonyl (C=O) groups excluding carboxylic acids is 1. The van der Waals surface area contributed by atoms with Gasteiger partial charge in [0.2, 0.25) is 5.91 Å². The minimum Gasteiger partial charge on any atom is -0.497 e. The molecule has 0 spiro atoms. The van der Waals surface area contributed by atoms with Crippen molar-refractivity contribution < 1.29 is 14.6 Å². The second-order valence-electron chi connectivity index (χ2n) is 6.43. The van der Waals surface area contributed by atoms with Gasteiger partial charge in [-0.25, -0.2) is 0 Å². The Morgan fingerprint density at radius 2 is 2.00 bits per heavy atom. The summed E-state index contributed by atoms with van der Waals surface area (Å²) in [4.78, 5) is 14.0. The van der Waals surface area contributed by atoms with Gasteiger partial charge in [-0.15, -0.1) is 0 Å². The molecule has 23 heavy (non-hydrogen) atoms. The van der Waals surface area contributed by atoms with Crippen molar-refractivity contribution in [1.29, 1.82) is 0 Å². The Hall–Kier alpha value is -1.59. The number of methoxy groups -OCH3 is 1. The van der Waals surface area contributed by atoms with E-state index in [1.165, 1.54) is 6.42 Å². The number of ether oxygens (including phenoxy) is 1. The van der Waals surface area contributed by atoms with Gasteiger partial charge >= 0.3 is 0 Å². The minimum absolute atomic E-state index is 0.00798. The highest BCUT2D eigenvalue weighted by Crippen LogP contribution is 2.24. The Kier molecular flexibility index (Phi) is 6.86. The summed E-state index contributed by atoms with van der Waals surface area (Å²) >= 11 is 0. The first kappa shape index (κ1) is 17.8. The number of nitrogens with one attached hydrogen (secondary N) is 1. The maximum absolute atomic E-state index is 12.0. The number of benzene rings is 1. The van der Waals surface area contributed by atoms with Crippen molar-refractivity contribution in [3.05, 3.63) is 29.8 Å². The zero-order valence-corrected chi connectivity index (χ0v) is 14.1. The van der Waals surface area contributed by atoms with E-state index in [2.05, 4.69) is 5.32 Å². The van der Waals surface area contributed by atoms with Crippen molar-refractivity contribution >= 4 is 5.91 Å². The summed E-state index contributed by atoms with van der Waals surface area (Å²) in [6, 6.07) is 7.67. The van der Waals surface area contributed by atoms with Crippen molar-refractivity contribution in [2.24, 2.45) is 5.92 Å². The van der Waals surface area contributed by atoms with Crippen molar-refractivity contribution in [2.75, 3.05) is 27.2 Å². The topological polar surface area (TPSA) is 61.8 Å². The summed E-state index contributed by atoms with van der Waals surface area (Å²) < 4.78 is 5.11. The average Bonchev–Trinajstić information content (AvgIpc) is 2.55. The predicted octanol–water partition coefficient (Wildman–Crippen LogP) is 1.79. The molecule has 0 heterocycles. The fourth-order valence-corrected chi connectivity index (χ4v) is 3.11. The SMILES string of the molecule is COc1ccc(CNC(=O)CN(C)CC2CCCCC2O)cc1. The van der Waals surface area contributed by atoms with Crippen LogP contribution in [0, 0.1) is 5.92 Å². The maximum Gasteiger partial charge on any atom is 0.234 e. The van der Waals surface area contributed by atoms with Crippen molar-refractivity contribution in [3.63, 3.8) is 0 Å². The van der Waals surface area contributed by atoms with E-state index < -0.39 is 0 Å². The van der Waals surface area contributed by atoms with Crippen LogP contribution in [-0.2, 0) is 11.3 Å². The minimum atomic E-state index is -0.214. The van der Waals surface area contributed by atoms with Gasteiger partial charge in [0.05, 0.1) is 19.8 Å². The molecule has 1 amide bonds. The molecule has 0 aromatic heterocycles. The molecule has 2 unspecified atom stereocenters. The van der Waals surface area contributed by atoms with Gasteiger partial charge in [0, 0.05) is 13.1 Å². The first-order valence-electron chi connectivity index (χ1n) is 8.34. The molecule has 0 bridgehead atoms. The number of nitrogens with zero attached hydrogens (tertiary/aromatic N) is 1. The highest BCUT2D eigenvalue weighted by Gasteiger charge is 2.24. The lowest BCUT2D eigenvalue weighted by Crippen LogP contribution is -2.40. The van der Waals surface area contributed by atoms with Gasteiger partial charge in [-0.2, -0.15) is 0 Å². The Morgan fingerprint density at radius 3 is 2.65 bits per heavy atom. The summed E-state index contributed by atoms with van der Waals surface area (Å²) in [6.45, 7) is 1.65. The van der Waals surface area contributed by atoms with Gasteiger partial charge in [0.1, 0.15) is 5.75 Å². The van der Waals surface area contributed by atoms with Gasteiger partial charge in [-0.05, 0) is 43.5 Å². The van der Waals surface area contributed by atoms with Crippen LogP contribution < -0.4 is 10.1 Å². The number of aliphatic hydroxyl groups is 1. The van der Waals surface area contributed by atoms with E-state index in [1.807, 2.05) is 36.2 Å². The lowest BCUT2D eigenvalue weighted by molar-refractivity contribution is -0.122. The number of hydrogen-bond donors (Lipinski definition) is 2. The third-order valence-electron chi connectivity index (χ3n) is 4.48. The van der Waals surface area contributed by atoms with E-state index in [4.69, 9.17) is 4.74 Å². The molecule has 5 heteroatoms. The summed E-state index contributed by atoms with van der Waals surface area (Å²) in [7, 11) is 3.57. The number of amides is 1. The van der Waals surface area contributed by atoms with Crippen LogP contribution in [0.15, 0.2) is 24.3 Å². The molecule has 1 aliphatic rings. The molecule has 0 radical (unpaired) electrons. The number of rotatable bonds is 7. The van der Waals surface area contributed by atoms with E-state index in [9.17, 15) is 9.90 Å². The van der Waals surface area contributed by atoms with Crippen LogP contribution in [-0.4, -0.2) is 49.3 Å². The third-order valence-corrected chi connectivity index (χ3v) is 4.48. The fraction of sp³-hybridized carbons (Fsp3) is 0.611. The van der Waals surface area contributed by atoms with Gasteiger partial charge in [0.15, 0.2) is 0 Å². The van der Waals surface area contributed by atoms with Gasteiger partial charge in [0.25, 0.3) is 0 Å². The number of aliphatic hydroxyl groups excluding tert-OH is 1. The summed E-state index contributed by atoms with van der Waals surface area (Å²) in [5.74, 6) is 1.11. The highest BCUT2D eigenvalue weighted by atomic mass is 16.5. The van der Waals surface area contributed by atoms with E-state index in [-0.39, 0.29) is 12.0 Å². The Labute approximate surface area is 138 Å². The molecular weight excluding hydrogens is 292 g/mol. The Morgan fingerprint density at radius 1 is 1.30 bits per heavy atom. The standard InChI is InChI=1S/C18H28N2O3/c1-20(12-15-5-3-4-6-17(15)21)13-18(22)19-11-14-7-9-16(23-2)10-8-14/h7-10,15,17,21H,3-6,11-13H2,1-2H3,(H,19,22). The summed E-state index contributed by atoms with van der Waals surface area (Å²) in [6.07, 6.45) is 4.03. The quantitative estimate of drug-likeness (QED) is 0.804. The molecule has 2 atom stereocenters. The molecule has 5 nitrogen and oxygen atoms in total. The fourth-order valence-electron chi connectivity index (χ4n) is 3.11. The Bertz CT molecular complexity index is 490. The van der Waals surface area contributed by atoms with Crippen LogP contribution in [0.4, 0.5) is 0 Å². The molecule has 0 saturated heterocycles. The van der Waals surface area contributed by atoms with Gasteiger partial charge in [-0.1, -0.05) is 25.0 Å². The van der Waals surface area contributed by atoms with E-state index in [0.29, 0.717) is 19.0 Å². The maximum atomic E-state index is 12.0. The summed E-state index contributed by atoms with van der Waals surface area (Å²) in [5.41, 5.74) is 1.05.